The molecule has 1 aromatic carbocycles. The second kappa shape index (κ2) is 6.20. The SMILES string of the molecule is COc1ccc2oc(=O)c(C(=O)N(C)C3=C(C#N)CCC3)cc2c1. The van der Waals surface area contributed by atoms with E-state index in [0.717, 1.165) is 6.42 Å². The van der Waals surface area contributed by atoms with Crippen LogP contribution in [0, 0.1) is 11.3 Å². The van der Waals surface area contributed by atoms with Crippen molar-refractivity contribution in [1.29, 1.82) is 5.26 Å². The minimum Gasteiger partial charge on any atom is -0.497 e. The summed E-state index contributed by atoms with van der Waals surface area (Å²) in [6.07, 6.45) is 2.14. The number of nitrogens with zero attached hydrogens (tertiary/aromatic N) is 2. The Balaban J connectivity index is 2.05. The normalized spacial score (nSPS) is 13.9. The Morgan fingerprint density at radius 2 is 2.12 bits per heavy atom. The van der Waals surface area contributed by atoms with Crippen LogP contribution in [-0.2, 0) is 0 Å². The van der Waals surface area contributed by atoms with Gasteiger partial charge in [0.1, 0.15) is 16.9 Å². The molecule has 0 saturated carbocycles. The minimum atomic E-state index is -0.693. The molecule has 1 amide bonds. The predicted octanol–water partition coefficient (Wildman–Crippen LogP) is 2.84. The van der Waals surface area contributed by atoms with Gasteiger partial charge in [-0.05, 0) is 43.5 Å². The van der Waals surface area contributed by atoms with Crippen molar-refractivity contribution >= 4 is 16.9 Å². The van der Waals surface area contributed by atoms with Crippen molar-refractivity contribution in [2.45, 2.75) is 19.3 Å². The van der Waals surface area contributed by atoms with E-state index in [1.54, 1.807) is 25.2 Å². The number of fused-ring (bicyclic) bond motifs is 1. The standard InChI is InChI=1S/C18H16N2O4/c1-20(15-5-3-4-11(15)10-19)17(21)14-9-12-8-13(23-2)6-7-16(12)24-18(14)22/h6-9H,3-5H2,1-2H3. The van der Waals surface area contributed by atoms with E-state index in [1.165, 1.54) is 18.1 Å². The molecule has 0 radical (unpaired) electrons. The zero-order chi connectivity index (χ0) is 17.3. The Kier molecular flexibility index (Phi) is 4.09. The summed E-state index contributed by atoms with van der Waals surface area (Å²) in [5, 5.41) is 9.75. The van der Waals surface area contributed by atoms with E-state index in [4.69, 9.17) is 14.4 Å². The first-order chi connectivity index (χ1) is 11.5. The second-order valence-electron chi connectivity index (χ2n) is 5.61. The third kappa shape index (κ3) is 2.65. The lowest BCUT2D eigenvalue weighted by Crippen LogP contribution is -2.30. The number of methoxy groups -OCH3 is 1. The average molecular weight is 324 g/mol. The molecule has 3 rings (SSSR count). The largest absolute Gasteiger partial charge is 0.497 e. The summed E-state index contributed by atoms with van der Waals surface area (Å²) in [6, 6.07) is 8.64. The summed E-state index contributed by atoms with van der Waals surface area (Å²) in [5.74, 6) is 0.131. The third-order valence-electron chi connectivity index (χ3n) is 4.20. The molecule has 24 heavy (non-hydrogen) atoms. The van der Waals surface area contributed by atoms with E-state index >= 15 is 0 Å². The monoisotopic (exact) mass is 324 g/mol. The summed E-state index contributed by atoms with van der Waals surface area (Å²) >= 11 is 0. The topological polar surface area (TPSA) is 83.5 Å². The molecule has 0 atom stereocenters. The molecule has 1 aromatic heterocycles. The van der Waals surface area contributed by atoms with Gasteiger partial charge in [0.2, 0.25) is 0 Å². The highest BCUT2D eigenvalue weighted by atomic mass is 16.5. The van der Waals surface area contributed by atoms with Crippen LogP contribution in [0.3, 0.4) is 0 Å². The first-order valence-corrected chi connectivity index (χ1v) is 7.57. The molecule has 1 aliphatic carbocycles. The molecule has 2 aromatic rings. The zero-order valence-corrected chi connectivity index (χ0v) is 13.5. The summed E-state index contributed by atoms with van der Waals surface area (Å²) < 4.78 is 10.4. The highest BCUT2D eigenvalue weighted by Gasteiger charge is 2.25. The van der Waals surface area contributed by atoms with E-state index in [9.17, 15) is 9.59 Å². The van der Waals surface area contributed by atoms with Crippen LogP contribution in [0.5, 0.6) is 5.75 Å². The number of carbonyl (C=O) groups excluding carboxylic acids is 1. The molecule has 0 fully saturated rings. The molecular weight excluding hydrogens is 308 g/mol. The predicted molar refractivity (Wildman–Crippen MR) is 87.6 cm³/mol. The number of carbonyl (C=O) groups is 1. The van der Waals surface area contributed by atoms with Crippen molar-refractivity contribution in [1.82, 2.24) is 4.90 Å². The van der Waals surface area contributed by atoms with Crippen molar-refractivity contribution in [2.75, 3.05) is 14.2 Å². The van der Waals surface area contributed by atoms with Crippen molar-refractivity contribution in [2.24, 2.45) is 0 Å². The highest BCUT2D eigenvalue weighted by Crippen LogP contribution is 2.28. The first-order valence-electron chi connectivity index (χ1n) is 7.57. The Labute approximate surface area is 138 Å². The molecule has 122 valence electrons. The van der Waals surface area contributed by atoms with Crippen LogP contribution in [-0.4, -0.2) is 25.0 Å². The van der Waals surface area contributed by atoms with Crippen LogP contribution in [0.15, 0.2) is 44.7 Å². The van der Waals surface area contributed by atoms with Crippen molar-refractivity contribution in [3.8, 4) is 11.8 Å². The number of amides is 1. The Morgan fingerprint density at radius 1 is 1.33 bits per heavy atom. The van der Waals surface area contributed by atoms with Crippen LogP contribution in [0.25, 0.3) is 11.0 Å². The van der Waals surface area contributed by atoms with Crippen molar-refractivity contribution in [3.63, 3.8) is 0 Å². The zero-order valence-electron chi connectivity index (χ0n) is 13.5. The van der Waals surface area contributed by atoms with Gasteiger partial charge in [0.05, 0.1) is 13.2 Å². The first kappa shape index (κ1) is 15.8. The van der Waals surface area contributed by atoms with Crippen molar-refractivity contribution < 1.29 is 13.9 Å². The van der Waals surface area contributed by atoms with Crippen LogP contribution >= 0.6 is 0 Å². The fourth-order valence-corrected chi connectivity index (χ4v) is 2.90. The Hall–Kier alpha value is -3.07. The van der Waals surface area contributed by atoms with Gasteiger partial charge in [0, 0.05) is 23.7 Å². The second-order valence-corrected chi connectivity index (χ2v) is 5.61. The lowest BCUT2D eigenvalue weighted by Gasteiger charge is -2.18. The van der Waals surface area contributed by atoms with Gasteiger partial charge in [-0.2, -0.15) is 5.26 Å². The lowest BCUT2D eigenvalue weighted by atomic mass is 10.1. The average Bonchev–Trinajstić information content (AvgIpc) is 3.08. The van der Waals surface area contributed by atoms with Gasteiger partial charge in [0.25, 0.3) is 5.91 Å². The maximum Gasteiger partial charge on any atom is 0.349 e. The summed E-state index contributed by atoms with van der Waals surface area (Å²) in [6.45, 7) is 0. The quantitative estimate of drug-likeness (QED) is 0.811. The number of nitriles is 1. The van der Waals surface area contributed by atoms with Gasteiger partial charge in [-0.25, -0.2) is 4.79 Å². The molecule has 0 N–H and O–H groups in total. The van der Waals surface area contributed by atoms with Crippen LogP contribution in [0.4, 0.5) is 0 Å². The van der Waals surface area contributed by atoms with Gasteiger partial charge in [0.15, 0.2) is 0 Å². The van der Waals surface area contributed by atoms with Gasteiger partial charge in [-0.1, -0.05) is 0 Å². The molecule has 0 aliphatic heterocycles. The molecule has 0 unspecified atom stereocenters. The number of rotatable bonds is 3. The van der Waals surface area contributed by atoms with Gasteiger partial charge in [-0.3, -0.25) is 4.79 Å². The fraction of sp³-hybridized carbons (Fsp3) is 0.278. The lowest BCUT2D eigenvalue weighted by molar-refractivity contribution is 0.0829. The molecule has 0 spiro atoms. The number of hydrogen-bond donors (Lipinski definition) is 0. The van der Waals surface area contributed by atoms with Crippen molar-refractivity contribution in [3.05, 3.63) is 51.5 Å². The third-order valence-corrected chi connectivity index (χ3v) is 4.20. The van der Waals surface area contributed by atoms with Crippen LogP contribution in [0.2, 0.25) is 0 Å². The Bertz CT molecular complexity index is 950. The van der Waals surface area contributed by atoms with Gasteiger partial charge in [-0.15, -0.1) is 0 Å². The number of benzene rings is 1. The summed E-state index contributed by atoms with van der Waals surface area (Å²) in [5.41, 5.74) is 0.902. The summed E-state index contributed by atoms with van der Waals surface area (Å²) in [4.78, 5) is 26.3. The molecular formula is C18H16N2O4. The molecule has 6 heteroatoms. The molecule has 0 bridgehead atoms. The summed E-state index contributed by atoms with van der Waals surface area (Å²) in [7, 11) is 3.12. The van der Waals surface area contributed by atoms with Crippen LogP contribution < -0.4 is 10.4 Å². The van der Waals surface area contributed by atoms with Crippen LogP contribution in [0.1, 0.15) is 29.6 Å². The number of allylic oxidation sites excluding steroid dienone is 2. The van der Waals surface area contributed by atoms with Gasteiger partial charge >= 0.3 is 5.63 Å². The maximum atomic E-state index is 12.7. The molecule has 1 aliphatic rings. The van der Waals surface area contributed by atoms with Gasteiger partial charge < -0.3 is 14.1 Å². The van der Waals surface area contributed by atoms with E-state index in [-0.39, 0.29) is 5.56 Å². The maximum absolute atomic E-state index is 12.7. The van der Waals surface area contributed by atoms with E-state index in [0.29, 0.717) is 40.8 Å². The van der Waals surface area contributed by atoms with E-state index in [1.807, 2.05) is 0 Å². The molecule has 0 saturated heterocycles. The minimum absolute atomic E-state index is 0.0602. The van der Waals surface area contributed by atoms with E-state index in [2.05, 4.69) is 6.07 Å². The fourth-order valence-electron chi connectivity index (χ4n) is 2.90. The highest BCUT2D eigenvalue weighted by molar-refractivity contribution is 5.97. The number of ether oxygens (including phenoxy) is 1. The molecule has 1 heterocycles. The Morgan fingerprint density at radius 3 is 2.83 bits per heavy atom. The van der Waals surface area contributed by atoms with E-state index < -0.39 is 11.5 Å². The smallest absolute Gasteiger partial charge is 0.349 e. The molecule has 6 nitrogen and oxygen atoms in total. The number of hydrogen-bond acceptors (Lipinski definition) is 5.